The van der Waals surface area contributed by atoms with Gasteiger partial charge < -0.3 is 4.90 Å². The second kappa shape index (κ2) is 5.89. The lowest BCUT2D eigenvalue weighted by molar-refractivity contribution is 0.184. The molecule has 1 aromatic carbocycles. The molecule has 0 spiro atoms. The summed E-state index contributed by atoms with van der Waals surface area (Å²) in [6.07, 6.45) is 3.62. The molecule has 2 aliphatic rings. The van der Waals surface area contributed by atoms with Gasteiger partial charge in [0, 0.05) is 31.4 Å². The number of likely N-dealkylation sites (tertiary alicyclic amines) is 1. The Morgan fingerprint density at radius 1 is 1.27 bits per heavy atom. The van der Waals surface area contributed by atoms with Gasteiger partial charge in [0.2, 0.25) is 10.0 Å². The Labute approximate surface area is 131 Å². The number of sulfonamides is 1. The fraction of sp³-hybridized carbons (Fsp3) is 0.533. The normalized spacial score (nSPS) is 21.8. The molecule has 3 rings (SSSR count). The summed E-state index contributed by atoms with van der Waals surface area (Å²) in [5.74, 6) is 0. The van der Waals surface area contributed by atoms with Gasteiger partial charge in [0.15, 0.2) is 0 Å². The second-order valence-corrected chi connectivity index (χ2v) is 7.77. The lowest BCUT2D eigenvalue weighted by atomic mass is 10.1. The second-order valence-electron chi connectivity index (χ2n) is 5.99. The zero-order valence-corrected chi connectivity index (χ0v) is 13.5. The quantitative estimate of drug-likeness (QED) is 0.888. The lowest BCUT2D eigenvalue weighted by Gasteiger charge is -2.35. The maximum absolute atomic E-state index is 12.7. The number of benzene rings is 1. The zero-order chi connectivity index (χ0) is 15.7. The van der Waals surface area contributed by atoms with Crippen LogP contribution in [0.5, 0.6) is 0 Å². The van der Waals surface area contributed by atoms with Gasteiger partial charge in [-0.25, -0.2) is 17.9 Å². The third-order valence-electron chi connectivity index (χ3n) is 4.19. The van der Waals surface area contributed by atoms with E-state index in [4.69, 9.17) is 0 Å². The first-order valence-electron chi connectivity index (χ1n) is 7.56. The molecule has 120 valence electrons. The van der Waals surface area contributed by atoms with Crippen LogP contribution < -0.4 is 9.62 Å². The van der Waals surface area contributed by atoms with E-state index in [1.165, 1.54) is 5.56 Å². The van der Waals surface area contributed by atoms with Gasteiger partial charge in [-0.05, 0) is 30.9 Å². The Balaban J connectivity index is 1.70. The number of fused-ring (bicyclic) bond motifs is 1. The molecule has 6 nitrogen and oxygen atoms in total. The van der Waals surface area contributed by atoms with Crippen LogP contribution in [0.25, 0.3) is 0 Å². The molecule has 2 amide bonds. The molecule has 1 atom stereocenters. The van der Waals surface area contributed by atoms with Crippen molar-refractivity contribution in [2.24, 2.45) is 0 Å². The van der Waals surface area contributed by atoms with Crippen molar-refractivity contribution in [1.82, 2.24) is 9.62 Å². The van der Waals surface area contributed by atoms with Gasteiger partial charge in [-0.2, -0.15) is 0 Å². The first-order valence-corrected chi connectivity index (χ1v) is 9.45. The average Bonchev–Trinajstić information content (AvgIpc) is 2.89. The molecule has 0 saturated carbocycles. The molecule has 0 radical (unpaired) electrons. The summed E-state index contributed by atoms with van der Waals surface area (Å²) in [6, 6.07) is 7.73. The van der Waals surface area contributed by atoms with Crippen molar-refractivity contribution in [3.8, 4) is 0 Å². The van der Waals surface area contributed by atoms with Gasteiger partial charge in [0.05, 0.1) is 6.26 Å². The monoisotopic (exact) mass is 323 g/mol. The number of rotatable bonds is 2. The van der Waals surface area contributed by atoms with Crippen molar-refractivity contribution >= 4 is 21.7 Å². The predicted octanol–water partition coefficient (Wildman–Crippen LogP) is 1.18. The van der Waals surface area contributed by atoms with Crippen LogP contribution in [0.1, 0.15) is 18.4 Å². The van der Waals surface area contributed by atoms with Gasteiger partial charge in [-0.15, -0.1) is 0 Å². The number of urea groups is 1. The topological polar surface area (TPSA) is 69.7 Å². The Morgan fingerprint density at radius 2 is 2.05 bits per heavy atom. The number of nitrogens with one attached hydrogen (secondary N) is 1. The summed E-state index contributed by atoms with van der Waals surface area (Å²) in [7, 11) is -3.24. The molecule has 2 aliphatic heterocycles. The molecule has 0 aliphatic carbocycles. The number of nitrogens with zero attached hydrogens (tertiary/aromatic N) is 2. The number of anilines is 1. The van der Waals surface area contributed by atoms with Crippen molar-refractivity contribution in [1.29, 1.82) is 0 Å². The lowest BCUT2D eigenvalue weighted by Crippen LogP contribution is -2.52. The highest BCUT2D eigenvalue weighted by Crippen LogP contribution is 2.29. The highest BCUT2D eigenvalue weighted by Gasteiger charge is 2.31. The molecule has 0 bridgehead atoms. The number of hydrogen-bond acceptors (Lipinski definition) is 3. The summed E-state index contributed by atoms with van der Waals surface area (Å²) < 4.78 is 25.4. The van der Waals surface area contributed by atoms with Crippen molar-refractivity contribution < 1.29 is 13.2 Å². The molecule has 7 heteroatoms. The van der Waals surface area contributed by atoms with Gasteiger partial charge in [-0.1, -0.05) is 18.2 Å². The minimum Gasteiger partial charge on any atom is -0.323 e. The van der Waals surface area contributed by atoms with E-state index in [0.29, 0.717) is 19.6 Å². The minimum atomic E-state index is -3.24. The fourth-order valence-electron chi connectivity index (χ4n) is 3.26. The van der Waals surface area contributed by atoms with Crippen LogP contribution in [0, 0.1) is 0 Å². The minimum absolute atomic E-state index is 0.0232. The van der Waals surface area contributed by atoms with E-state index in [9.17, 15) is 13.2 Å². The van der Waals surface area contributed by atoms with Crippen molar-refractivity contribution in [3.63, 3.8) is 0 Å². The first-order chi connectivity index (χ1) is 10.4. The maximum atomic E-state index is 12.7. The molecule has 0 aromatic heterocycles. The van der Waals surface area contributed by atoms with E-state index < -0.39 is 10.0 Å². The van der Waals surface area contributed by atoms with E-state index in [1.54, 1.807) is 9.80 Å². The third-order valence-corrected chi connectivity index (χ3v) is 4.95. The zero-order valence-electron chi connectivity index (χ0n) is 12.7. The molecule has 1 aromatic rings. The third kappa shape index (κ3) is 3.25. The van der Waals surface area contributed by atoms with E-state index >= 15 is 0 Å². The van der Waals surface area contributed by atoms with Crippen molar-refractivity contribution in [2.75, 3.05) is 30.8 Å². The van der Waals surface area contributed by atoms with Gasteiger partial charge in [0.25, 0.3) is 0 Å². The SMILES string of the molecule is CS(=O)(=O)N[C@@H]1CCCN(C(=O)N2CCc3ccccc32)C1. The summed E-state index contributed by atoms with van der Waals surface area (Å²) in [4.78, 5) is 16.3. The Hall–Kier alpha value is -1.60. The fourth-order valence-corrected chi connectivity index (χ4v) is 4.06. The predicted molar refractivity (Wildman–Crippen MR) is 85.5 cm³/mol. The van der Waals surface area contributed by atoms with Gasteiger partial charge in [-0.3, -0.25) is 4.90 Å². The maximum Gasteiger partial charge on any atom is 0.324 e. The van der Waals surface area contributed by atoms with Gasteiger partial charge in [0.1, 0.15) is 0 Å². The molecule has 22 heavy (non-hydrogen) atoms. The average molecular weight is 323 g/mol. The number of amides is 2. The Kier molecular flexibility index (Phi) is 4.10. The number of carbonyl (C=O) groups is 1. The highest BCUT2D eigenvalue weighted by molar-refractivity contribution is 7.88. The Bertz CT molecular complexity index is 674. The number of hydrogen-bond donors (Lipinski definition) is 1. The van der Waals surface area contributed by atoms with Crippen LogP contribution >= 0.6 is 0 Å². The first kappa shape index (κ1) is 15.3. The Morgan fingerprint density at radius 3 is 2.82 bits per heavy atom. The van der Waals surface area contributed by atoms with Crippen LogP contribution in [0.4, 0.5) is 10.5 Å². The van der Waals surface area contributed by atoms with Crippen molar-refractivity contribution in [3.05, 3.63) is 29.8 Å². The smallest absolute Gasteiger partial charge is 0.323 e. The molecule has 0 unspecified atom stereocenters. The molecule has 1 saturated heterocycles. The van der Waals surface area contributed by atoms with E-state index in [-0.39, 0.29) is 12.1 Å². The summed E-state index contributed by atoms with van der Waals surface area (Å²) >= 11 is 0. The van der Waals surface area contributed by atoms with E-state index in [1.807, 2.05) is 24.3 Å². The number of para-hydroxylation sites is 1. The van der Waals surface area contributed by atoms with Crippen molar-refractivity contribution in [2.45, 2.75) is 25.3 Å². The number of piperidine rings is 1. The summed E-state index contributed by atoms with van der Waals surface area (Å²) in [5, 5.41) is 0. The van der Waals surface area contributed by atoms with Crippen LogP contribution in [0.3, 0.4) is 0 Å². The highest BCUT2D eigenvalue weighted by atomic mass is 32.2. The standard InChI is InChI=1S/C15H21N3O3S/c1-22(20,21)16-13-6-4-9-17(11-13)15(19)18-10-8-12-5-2-3-7-14(12)18/h2-3,5,7,13,16H,4,6,8-11H2,1H3/t13-/m1/s1. The van der Waals surface area contributed by atoms with E-state index in [0.717, 1.165) is 31.2 Å². The summed E-state index contributed by atoms with van der Waals surface area (Å²) in [6.45, 7) is 1.81. The van der Waals surface area contributed by atoms with E-state index in [2.05, 4.69) is 4.72 Å². The molecule has 2 heterocycles. The molecular weight excluding hydrogens is 302 g/mol. The molecule has 1 fully saturated rings. The molecular formula is C15H21N3O3S. The van der Waals surface area contributed by atoms with Crippen LogP contribution in [0.2, 0.25) is 0 Å². The largest absolute Gasteiger partial charge is 0.324 e. The number of carbonyl (C=O) groups excluding carboxylic acids is 1. The summed E-state index contributed by atoms with van der Waals surface area (Å²) in [5.41, 5.74) is 2.17. The van der Waals surface area contributed by atoms with Crippen LogP contribution in [0.15, 0.2) is 24.3 Å². The van der Waals surface area contributed by atoms with Gasteiger partial charge >= 0.3 is 6.03 Å². The van der Waals surface area contributed by atoms with Crippen LogP contribution in [-0.2, 0) is 16.4 Å². The van der Waals surface area contributed by atoms with Crippen LogP contribution in [-0.4, -0.2) is 51.3 Å². The molecule has 1 N–H and O–H groups in total.